The van der Waals surface area contributed by atoms with E-state index in [-0.39, 0.29) is 11.9 Å². The molecule has 0 saturated carbocycles. The average molecular weight is 244 g/mol. The molecule has 1 aromatic rings. The fourth-order valence-corrected chi connectivity index (χ4v) is 2.34. The number of benzene rings is 1. The number of rotatable bonds is 3. The third-order valence-corrected chi connectivity index (χ3v) is 3.34. The monoisotopic (exact) mass is 244 g/mol. The van der Waals surface area contributed by atoms with E-state index in [9.17, 15) is 4.79 Å². The van der Waals surface area contributed by atoms with Crippen LogP contribution in [-0.4, -0.2) is 31.1 Å². The van der Waals surface area contributed by atoms with E-state index in [4.69, 9.17) is 10.00 Å². The predicted octanol–water partition coefficient (Wildman–Crippen LogP) is 1.55. The Hall–Kier alpha value is -1.86. The van der Waals surface area contributed by atoms with Crippen molar-refractivity contribution in [2.24, 2.45) is 5.92 Å². The topological polar surface area (TPSA) is 53.3 Å². The summed E-state index contributed by atoms with van der Waals surface area (Å²) in [5.74, 6) is -0.157. The summed E-state index contributed by atoms with van der Waals surface area (Å²) in [6, 6.07) is 9.78. The highest BCUT2D eigenvalue weighted by Gasteiger charge is 2.29. The second-order valence-electron chi connectivity index (χ2n) is 4.51. The molecular weight excluding hydrogens is 228 g/mol. The predicted molar refractivity (Wildman–Crippen MR) is 66.6 cm³/mol. The van der Waals surface area contributed by atoms with Crippen molar-refractivity contribution in [3.8, 4) is 6.07 Å². The number of hydrogen-bond acceptors (Lipinski definition) is 4. The number of esters is 1. The number of methoxy groups -OCH3 is 1. The Morgan fingerprint density at radius 1 is 1.56 bits per heavy atom. The minimum Gasteiger partial charge on any atom is -0.469 e. The van der Waals surface area contributed by atoms with Gasteiger partial charge in [-0.1, -0.05) is 18.2 Å². The van der Waals surface area contributed by atoms with Gasteiger partial charge in [-0.2, -0.15) is 5.26 Å². The van der Waals surface area contributed by atoms with Crippen molar-refractivity contribution < 1.29 is 9.53 Å². The van der Waals surface area contributed by atoms with Gasteiger partial charge in [0.15, 0.2) is 0 Å². The molecule has 4 nitrogen and oxygen atoms in total. The van der Waals surface area contributed by atoms with E-state index in [0.717, 1.165) is 25.1 Å². The van der Waals surface area contributed by atoms with Crippen LogP contribution >= 0.6 is 0 Å². The Balaban J connectivity index is 2.00. The van der Waals surface area contributed by atoms with Crippen molar-refractivity contribution in [3.05, 3.63) is 35.4 Å². The Morgan fingerprint density at radius 2 is 2.33 bits per heavy atom. The molecule has 1 aromatic carbocycles. The van der Waals surface area contributed by atoms with E-state index in [1.807, 2.05) is 24.3 Å². The molecule has 0 bridgehead atoms. The van der Waals surface area contributed by atoms with Crippen molar-refractivity contribution in [3.63, 3.8) is 0 Å². The molecule has 4 heteroatoms. The van der Waals surface area contributed by atoms with Crippen molar-refractivity contribution in [2.75, 3.05) is 20.2 Å². The first-order valence-electron chi connectivity index (χ1n) is 6.02. The zero-order valence-electron chi connectivity index (χ0n) is 10.4. The molecule has 1 atom stereocenters. The number of hydrogen-bond donors (Lipinski definition) is 0. The lowest BCUT2D eigenvalue weighted by Gasteiger charge is -2.16. The molecule has 18 heavy (non-hydrogen) atoms. The van der Waals surface area contributed by atoms with Crippen molar-refractivity contribution in [2.45, 2.75) is 13.0 Å². The summed E-state index contributed by atoms with van der Waals surface area (Å²) < 4.78 is 4.76. The largest absolute Gasteiger partial charge is 0.469 e. The van der Waals surface area contributed by atoms with Crippen molar-refractivity contribution in [1.82, 2.24) is 4.90 Å². The van der Waals surface area contributed by atoms with Gasteiger partial charge in [-0.05, 0) is 24.6 Å². The lowest BCUT2D eigenvalue weighted by Crippen LogP contribution is -2.24. The van der Waals surface area contributed by atoms with Crippen LogP contribution in [0.4, 0.5) is 0 Å². The van der Waals surface area contributed by atoms with Gasteiger partial charge in [-0.3, -0.25) is 9.69 Å². The Kier molecular flexibility index (Phi) is 3.96. The Labute approximate surface area is 107 Å². The molecule has 1 heterocycles. The molecule has 0 spiro atoms. The SMILES string of the molecule is COC(=O)C1CCN(Cc2ccccc2C#N)C1. The van der Waals surface area contributed by atoms with Crippen LogP contribution in [-0.2, 0) is 16.1 Å². The van der Waals surface area contributed by atoms with Crippen LogP contribution in [0.3, 0.4) is 0 Å². The fourth-order valence-electron chi connectivity index (χ4n) is 2.34. The summed E-state index contributed by atoms with van der Waals surface area (Å²) in [6.07, 6.45) is 0.835. The van der Waals surface area contributed by atoms with Gasteiger partial charge in [0.2, 0.25) is 0 Å². The van der Waals surface area contributed by atoms with E-state index < -0.39 is 0 Å². The van der Waals surface area contributed by atoms with Gasteiger partial charge in [-0.25, -0.2) is 0 Å². The second-order valence-corrected chi connectivity index (χ2v) is 4.51. The third kappa shape index (κ3) is 2.69. The molecule has 0 aromatic heterocycles. The van der Waals surface area contributed by atoms with Gasteiger partial charge >= 0.3 is 5.97 Å². The minimum atomic E-state index is -0.133. The first-order valence-corrected chi connectivity index (χ1v) is 6.02. The summed E-state index contributed by atoms with van der Waals surface area (Å²) in [4.78, 5) is 13.6. The van der Waals surface area contributed by atoms with Crippen LogP contribution in [0.1, 0.15) is 17.5 Å². The summed E-state index contributed by atoms with van der Waals surface area (Å²) in [5.41, 5.74) is 1.73. The highest BCUT2D eigenvalue weighted by atomic mass is 16.5. The number of ether oxygens (including phenoxy) is 1. The minimum absolute atomic E-state index is 0.0238. The van der Waals surface area contributed by atoms with Gasteiger partial charge < -0.3 is 4.74 Å². The maximum atomic E-state index is 11.4. The summed E-state index contributed by atoms with van der Waals surface area (Å²) in [7, 11) is 1.43. The first-order chi connectivity index (χ1) is 8.74. The maximum Gasteiger partial charge on any atom is 0.310 e. The van der Waals surface area contributed by atoms with Gasteiger partial charge in [0.25, 0.3) is 0 Å². The second kappa shape index (κ2) is 5.65. The van der Waals surface area contributed by atoms with Crippen molar-refractivity contribution in [1.29, 1.82) is 5.26 Å². The molecule has 2 rings (SSSR count). The molecular formula is C14H16N2O2. The average Bonchev–Trinajstić information content (AvgIpc) is 2.87. The van der Waals surface area contributed by atoms with Crippen LogP contribution in [0.25, 0.3) is 0 Å². The molecule has 0 N–H and O–H groups in total. The fraction of sp³-hybridized carbons (Fsp3) is 0.429. The zero-order valence-corrected chi connectivity index (χ0v) is 10.4. The zero-order chi connectivity index (χ0) is 13.0. The molecule has 1 aliphatic heterocycles. The lowest BCUT2D eigenvalue weighted by atomic mass is 10.1. The molecule has 0 amide bonds. The van der Waals surface area contributed by atoms with E-state index >= 15 is 0 Å². The van der Waals surface area contributed by atoms with Crippen LogP contribution in [0, 0.1) is 17.2 Å². The number of carbonyl (C=O) groups excluding carboxylic acids is 1. The standard InChI is InChI=1S/C14H16N2O2/c1-18-14(17)13-6-7-16(10-13)9-12-5-3-2-4-11(12)8-15/h2-5,13H,6-7,9-10H2,1H3. The van der Waals surface area contributed by atoms with Gasteiger partial charge in [0.05, 0.1) is 24.7 Å². The smallest absolute Gasteiger partial charge is 0.310 e. The van der Waals surface area contributed by atoms with E-state index in [1.165, 1.54) is 7.11 Å². The molecule has 1 fully saturated rings. The van der Waals surface area contributed by atoms with Crippen LogP contribution in [0.5, 0.6) is 0 Å². The van der Waals surface area contributed by atoms with E-state index in [1.54, 1.807) is 0 Å². The van der Waals surface area contributed by atoms with Crippen LogP contribution in [0.15, 0.2) is 24.3 Å². The third-order valence-electron chi connectivity index (χ3n) is 3.34. The Morgan fingerprint density at radius 3 is 3.06 bits per heavy atom. The number of carbonyl (C=O) groups is 1. The number of nitriles is 1. The first kappa shape index (κ1) is 12.6. The molecule has 0 radical (unpaired) electrons. The quantitative estimate of drug-likeness (QED) is 0.757. The highest BCUT2D eigenvalue weighted by molar-refractivity contribution is 5.72. The van der Waals surface area contributed by atoms with E-state index in [0.29, 0.717) is 12.1 Å². The number of nitrogens with zero attached hydrogens (tertiary/aromatic N) is 2. The molecule has 1 saturated heterocycles. The number of likely N-dealkylation sites (tertiary alicyclic amines) is 1. The molecule has 94 valence electrons. The van der Waals surface area contributed by atoms with Gasteiger partial charge in [-0.15, -0.1) is 0 Å². The van der Waals surface area contributed by atoms with E-state index in [2.05, 4.69) is 11.0 Å². The lowest BCUT2D eigenvalue weighted by molar-refractivity contribution is -0.144. The summed E-state index contributed by atoms with van der Waals surface area (Å²) >= 11 is 0. The summed E-state index contributed by atoms with van der Waals surface area (Å²) in [5, 5.41) is 9.03. The summed E-state index contributed by atoms with van der Waals surface area (Å²) in [6.45, 7) is 2.31. The molecule has 1 unspecified atom stereocenters. The van der Waals surface area contributed by atoms with Gasteiger partial charge in [0.1, 0.15) is 0 Å². The van der Waals surface area contributed by atoms with Crippen LogP contribution < -0.4 is 0 Å². The van der Waals surface area contributed by atoms with Crippen LogP contribution in [0.2, 0.25) is 0 Å². The molecule has 1 aliphatic rings. The van der Waals surface area contributed by atoms with Gasteiger partial charge in [0, 0.05) is 13.1 Å². The Bertz CT molecular complexity index is 479. The normalized spacial score (nSPS) is 19.4. The maximum absolute atomic E-state index is 11.4. The molecule has 0 aliphatic carbocycles. The highest BCUT2D eigenvalue weighted by Crippen LogP contribution is 2.20. The van der Waals surface area contributed by atoms with Crippen molar-refractivity contribution >= 4 is 5.97 Å².